The van der Waals surface area contributed by atoms with Gasteiger partial charge >= 0.3 is 15.6 Å². The summed E-state index contributed by atoms with van der Waals surface area (Å²) in [5, 5.41) is 0. The molecule has 0 amide bonds. The van der Waals surface area contributed by atoms with Crippen LogP contribution in [0, 0.1) is 0 Å². The van der Waals surface area contributed by atoms with E-state index in [1.54, 1.807) is 4.57 Å². The number of hydrogen-bond acceptors (Lipinski definition) is 19. The maximum Gasteiger partial charge on any atom is 0.475 e. The molecule has 486 valence electrons. The van der Waals surface area contributed by atoms with E-state index in [2.05, 4.69) is 15.0 Å². The number of ether oxygens (including phenoxy) is 7. The van der Waals surface area contributed by atoms with Gasteiger partial charge in [0.2, 0.25) is 0 Å². The Bertz CT molecular complexity index is 3880. The van der Waals surface area contributed by atoms with E-state index < -0.39 is 70.9 Å². The second-order valence-corrected chi connectivity index (χ2v) is 25.6. The second kappa shape index (κ2) is 32.9. The lowest BCUT2D eigenvalue weighted by molar-refractivity contribution is -0.332. The van der Waals surface area contributed by atoms with Crippen LogP contribution in [-0.2, 0) is 122 Å². The topological polar surface area (TPSA) is 224 Å². The molecule has 2 saturated heterocycles. The molecule has 20 nitrogen and oxygen atoms in total. The van der Waals surface area contributed by atoms with Gasteiger partial charge in [-0.1, -0.05) is 243 Å². The Morgan fingerprint density at radius 1 is 0.383 bits per heavy atom. The average molecular weight is 1310 g/mol. The van der Waals surface area contributed by atoms with E-state index in [1.807, 2.05) is 243 Å². The molecule has 2 aliphatic rings. The summed E-state index contributed by atoms with van der Waals surface area (Å²) in [5.74, 6) is 0.0974. The molecule has 9 atom stereocenters. The van der Waals surface area contributed by atoms with E-state index in [9.17, 15) is 0 Å². The molecule has 0 saturated carbocycles. The van der Waals surface area contributed by atoms with Gasteiger partial charge in [0.1, 0.15) is 54.6 Å². The highest BCUT2D eigenvalue weighted by Gasteiger charge is 2.57. The van der Waals surface area contributed by atoms with Crippen molar-refractivity contribution in [3.8, 4) is 0 Å². The SMILES string of the molecule is Nc1ncnc2c1ncn2[C@@H]1O[C@H](COCc2ccccc2)[C@@H](O[C@H]2O[C@H](COCc3ccccc3)[C@@H](OCc3ccccc3)[C@H](OP(=O)(OCc3ccccc3)OCc3ccccc3)[C@H]2OCc2ccccc2)[C@H]1OP(=O)(OCc1ccccc1)OCc1ccccc1. The van der Waals surface area contributed by atoms with Crippen LogP contribution in [0.25, 0.3) is 11.2 Å². The number of nitrogens with zero attached hydrogens (tertiary/aromatic N) is 4. The number of fused-ring (bicyclic) bond motifs is 1. The van der Waals surface area contributed by atoms with E-state index in [1.165, 1.54) is 12.7 Å². The summed E-state index contributed by atoms with van der Waals surface area (Å²) in [6, 6.07) is 75.4. The van der Waals surface area contributed by atoms with Crippen molar-refractivity contribution in [2.75, 3.05) is 18.9 Å². The molecule has 2 aromatic heterocycles. The number of rotatable bonds is 33. The Kier molecular flexibility index (Phi) is 23.2. The van der Waals surface area contributed by atoms with Crippen LogP contribution in [-0.4, -0.2) is 81.8 Å². The van der Waals surface area contributed by atoms with Crippen molar-refractivity contribution in [1.82, 2.24) is 19.5 Å². The maximum absolute atomic E-state index is 16.1. The van der Waals surface area contributed by atoms with Crippen molar-refractivity contribution < 1.29 is 69.4 Å². The minimum atomic E-state index is -4.78. The summed E-state index contributed by atoms with van der Waals surface area (Å²) in [4.78, 5) is 13.5. The molecule has 0 spiro atoms. The number of aromatic nitrogens is 4. The molecule has 2 N–H and O–H groups in total. The molecular formula is C72H73N5O15P2. The Morgan fingerprint density at radius 2 is 0.734 bits per heavy atom. The van der Waals surface area contributed by atoms with Crippen molar-refractivity contribution >= 4 is 32.6 Å². The molecule has 0 aliphatic carbocycles. The fourth-order valence-corrected chi connectivity index (χ4v) is 13.5. The number of phosphoric ester groups is 2. The highest BCUT2D eigenvalue weighted by Crippen LogP contribution is 2.57. The number of imidazole rings is 1. The maximum atomic E-state index is 16.1. The first-order valence-electron chi connectivity index (χ1n) is 30.9. The molecule has 2 fully saturated rings. The summed E-state index contributed by atoms with van der Waals surface area (Å²) in [7, 11) is -9.54. The van der Waals surface area contributed by atoms with Gasteiger partial charge < -0.3 is 38.9 Å². The van der Waals surface area contributed by atoms with Crippen LogP contribution in [0.5, 0.6) is 0 Å². The second-order valence-electron chi connectivity index (χ2n) is 22.4. The van der Waals surface area contributed by atoms with Crippen LogP contribution in [0.2, 0.25) is 0 Å². The third-order valence-electron chi connectivity index (χ3n) is 15.6. The standard InChI is InChI=1S/C72H73N5O15P2/c73-69-63-70(75-51-74-69)77(52-76-63)71-67(92-94(79,86-47-59-37-21-7-22-38-59)87-48-60-39-23-8-24-40-60)65(62(88-71)50-81-42-54-27-11-2-12-28-54)90-72-68(83-44-56-31-15-4-16-32-56)66(91-93(78,84-45-57-33-17-5-18-34-57)85-46-58-35-19-6-20-36-58)64(82-43-55-29-13-3-14-30-55)61(89-72)49-80-41-53-25-9-1-10-26-53/h1-40,51-52,61-62,64-68,71-72H,41-50H2,(H2,73,74,75)/t61-,62-,64-,65-,66+,67-,68-,71-,72-/m1/s1. The highest BCUT2D eigenvalue weighted by molar-refractivity contribution is 7.48. The Balaban J connectivity index is 0.997. The predicted molar refractivity (Wildman–Crippen MR) is 349 cm³/mol. The van der Waals surface area contributed by atoms with E-state index in [4.69, 9.17) is 66.0 Å². The number of phosphoric acid groups is 2. The smallest absolute Gasteiger partial charge is 0.382 e. The van der Waals surface area contributed by atoms with Gasteiger partial charge in [0.15, 0.2) is 24.0 Å². The lowest BCUT2D eigenvalue weighted by Gasteiger charge is -2.47. The number of nitrogens with two attached hydrogens (primary N) is 1. The van der Waals surface area contributed by atoms with Gasteiger partial charge in [-0.3, -0.25) is 31.7 Å². The molecule has 0 bridgehead atoms. The Labute approximate surface area is 545 Å². The Hall–Kier alpha value is -7.95. The fourth-order valence-electron chi connectivity index (χ4n) is 10.8. The monoisotopic (exact) mass is 1310 g/mol. The van der Waals surface area contributed by atoms with Gasteiger partial charge in [-0.2, -0.15) is 0 Å². The molecule has 4 heterocycles. The summed E-state index contributed by atoms with van der Waals surface area (Å²) in [6.07, 6.45) is -9.16. The quantitative estimate of drug-likeness (QED) is 0.0377. The van der Waals surface area contributed by atoms with Crippen molar-refractivity contribution in [2.24, 2.45) is 0 Å². The summed E-state index contributed by atoms with van der Waals surface area (Å²) in [6.45, 7) is -0.709. The zero-order valence-corrected chi connectivity index (χ0v) is 53.2. The predicted octanol–water partition coefficient (Wildman–Crippen LogP) is 13.9. The van der Waals surface area contributed by atoms with E-state index in [0.29, 0.717) is 22.3 Å². The first-order valence-corrected chi connectivity index (χ1v) is 33.9. The Morgan fingerprint density at radius 3 is 1.14 bits per heavy atom. The lowest BCUT2D eigenvalue weighted by Crippen LogP contribution is -2.62. The summed E-state index contributed by atoms with van der Waals surface area (Å²) in [5.41, 5.74) is 13.1. The van der Waals surface area contributed by atoms with Crippen LogP contribution >= 0.6 is 15.6 Å². The zero-order valence-electron chi connectivity index (χ0n) is 51.4. The molecule has 12 rings (SSSR count). The lowest BCUT2D eigenvalue weighted by atomic mass is 9.98. The first kappa shape index (κ1) is 66.1. The van der Waals surface area contributed by atoms with Crippen LogP contribution in [0.1, 0.15) is 50.7 Å². The van der Waals surface area contributed by atoms with Crippen molar-refractivity contribution in [3.63, 3.8) is 0 Å². The summed E-state index contributed by atoms with van der Waals surface area (Å²) < 4.78 is 123. The van der Waals surface area contributed by atoms with E-state index in [0.717, 1.165) is 22.3 Å². The normalized spacial score (nSPS) is 20.7. The fraction of sp³-hybridized carbons (Fsp3) is 0.264. The van der Waals surface area contributed by atoms with Gasteiger partial charge in [0.25, 0.3) is 0 Å². The van der Waals surface area contributed by atoms with Gasteiger partial charge in [0.05, 0.1) is 72.4 Å². The number of hydrogen-bond donors (Lipinski definition) is 1. The van der Waals surface area contributed by atoms with E-state index >= 15 is 9.13 Å². The minimum absolute atomic E-state index is 0.0317. The first-order chi connectivity index (χ1) is 46.2. The minimum Gasteiger partial charge on any atom is -0.382 e. The molecule has 22 heteroatoms. The summed E-state index contributed by atoms with van der Waals surface area (Å²) >= 11 is 0. The van der Waals surface area contributed by atoms with Gasteiger partial charge in [-0.05, 0) is 44.5 Å². The molecule has 0 radical (unpaired) electrons. The largest absolute Gasteiger partial charge is 0.475 e. The number of anilines is 1. The van der Waals surface area contributed by atoms with Crippen molar-refractivity contribution in [3.05, 3.63) is 300 Å². The van der Waals surface area contributed by atoms with Gasteiger partial charge in [-0.15, -0.1) is 0 Å². The van der Waals surface area contributed by atoms with Crippen molar-refractivity contribution in [1.29, 1.82) is 0 Å². The number of benzene rings is 8. The van der Waals surface area contributed by atoms with Gasteiger partial charge in [0, 0.05) is 0 Å². The third-order valence-corrected chi connectivity index (χ3v) is 18.4. The van der Waals surface area contributed by atoms with Crippen LogP contribution in [0.3, 0.4) is 0 Å². The zero-order chi connectivity index (χ0) is 64.2. The van der Waals surface area contributed by atoms with Crippen LogP contribution in [0.15, 0.2) is 255 Å². The van der Waals surface area contributed by atoms with Gasteiger partial charge in [-0.25, -0.2) is 24.1 Å². The van der Waals surface area contributed by atoms with Crippen LogP contribution in [0.4, 0.5) is 5.82 Å². The highest BCUT2D eigenvalue weighted by atomic mass is 31.2. The molecular weight excluding hydrogens is 1240 g/mol. The molecule has 8 aromatic carbocycles. The molecule has 10 aromatic rings. The van der Waals surface area contributed by atoms with Crippen LogP contribution < -0.4 is 5.73 Å². The molecule has 0 unspecified atom stereocenters. The van der Waals surface area contributed by atoms with Crippen molar-refractivity contribution in [2.45, 2.75) is 108 Å². The molecule has 2 aliphatic heterocycles. The number of nitrogen functional groups attached to an aromatic ring is 1. The third kappa shape index (κ3) is 18.1. The average Bonchev–Trinajstić information content (AvgIpc) is 1.65. The molecule has 94 heavy (non-hydrogen) atoms. The van der Waals surface area contributed by atoms with E-state index in [-0.39, 0.29) is 83.1 Å².